The maximum atomic E-state index is 10.8. The van der Waals surface area contributed by atoms with E-state index in [4.69, 9.17) is 0 Å². The number of aryl methyl sites for hydroxylation is 1. The normalized spacial score (nSPS) is 20.6. The van der Waals surface area contributed by atoms with Crippen molar-refractivity contribution in [3.05, 3.63) is 17.7 Å². The van der Waals surface area contributed by atoms with E-state index in [1.165, 1.54) is 0 Å². The van der Waals surface area contributed by atoms with Crippen LogP contribution in [-0.2, 0) is 12.6 Å². The van der Waals surface area contributed by atoms with Gasteiger partial charge in [0.2, 0.25) is 0 Å². The van der Waals surface area contributed by atoms with E-state index in [0.717, 1.165) is 44.0 Å². The average molecular weight is 251 g/mol. The van der Waals surface area contributed by atoms with Gasteiger partial charge in [0.25, 0.3) is 0 Å². The molecule has 1 aromatic rings. The molecule has 2 heterocycles. The molecule has 1 fully saturated rings. The highest BCUT2D eigenvalue weighted by Crippen LogP contribution is 2.32. The van der Waals surface area contributed by atoms with E-state index < -0.39 is 5.60 Å². The van der Waals surface area contributed by atoms with Crippen LogP contribution in [0.15, 0.2) is 6.20 Å². The Morgan fingerprint density at radius 1 is 1.39 bits per heavy atom. The van der Waals surface area contributed by atoms with Crippen LogP contribution in [-0.4, -0.2) is 39.2 Å². The summed E-state index contributed by atoms with van der Waals surface area (Å²) >= 11 is 0. The van der Waals surface area contributed by atoms with Crippen LogP contribution < -0.4 is 0 Å². The van der Waals surface area contributed by atoms with Gasteiger partial charge in [0.05, 0.1) is 11.9 Å². The SMILES string of the molecule is Cc1ncc(C2(O)CCN(CC(C)C)CC2)n1C. The molecule has 0 radical (unpaired) electrons. The largest absolute Gasteiger partial charge is 0.383 e. The zero-order chi connectivity index (χ0) is 13.3. The molecule has 1 aromatic heterocycles. The van der Waals surface area contributed by atoms with E-state index in [0.29, 0.717) is 5.92 Å². The summed E-state index contributed by atoms with van der Waals surface area (Å²) in [6.07, 6.45) is 3.44. The van der Waals surface area contributed by atoms with Gasteiger partial charge in [-0.1, -0.05) is 13.8 Å². The van der Waals surface area contributed by atoms with Crippen molar-refractivity contribution in [1.82, 2.24) is 14.5 Å². The summed E-state index contributed by atoms with van der Waals surface area (Å²) in [5.41, 5.74) is 0.271. The fraction of sp³-hybridized carbons (Fsp3) is 0.786. The minimum atomic E-state index is -0.691. The lowest BCUT2D eigenvalue weighted by Crippen LogP contribution is -2.44. The third-order valence-electron chi connectivity index (χ3n) is 4.00. The molecule has 4 nitrogen and oxygen atoms in total. The Hall–Kier alpha value is -0.870. The predicted octanol–water partition coefficient (Wildman–Crippen LogP) is 1.67. The number of imidazole rings is 1. The van der Waals surface area contributed by atoms with Gasteiger partial charge in [0.1, 0.15) is 11.4 Å². The molecule has 2 rings (SSSR count). The van der Waals surface area contributed by atoms with Crippen molar-refractivity contribution in [1.29, 1.82) is 0 Å². The van der Waals surface area contributed by atoms with Crippen LogP contribution in [0.2, 0.25) is 0 Å². The molecular weight excluding hydrogens is 226 g/mol. The van der Waals surface area contributed by atoms with Crippen molar-refractivity contribution < 1.29 is 5.11 Å². The second kappa shape index (κ2) is 5.02. The van der Waals surface area contributed by atoms with Gasteiger partial charge in [-0.25, -0.2) is 4.98 Å². The lowest BCUT2D eigenvalue weighted by atomic mass is 9.88. The standard InChI is InChI=1S/C14H25N3O/c1-11(2)10-17-7-5-14(18,6-8-17)13-9-15-12(3)16(13)4/h9,11,18H,5-8,10H2,1-4H3. The maximum absolute atomic E-state index is 10.8. The van der Waals surface area contributed by atoms with Crippen LogP contribution in [0.25, 0.3) is 0 Å². The average Bonchev–Trinajstić information content (AvgIpc) is 2.63. The number of hydrogen-bond acceptors (Lipinski definition) is 3. The molecule has 1 aliphatic rings. The lowest BCUT2D eigenvalue weighted by Gasteiger charge is -2.38. The summed E-state index contributed by atoms with van der Waals surface area (Å²) in [6.45, 7) is 9.52. The summed E-state index contributed by atoms with van der Waals surface area (Å²) in [6, 6.07) is 0. The van der Waals surface area contributed by atoms with Crippen LogP contribution in [0.1, 0.15) is 38.2 Å². The zero-order valence-electron chi connectivity index (χ0n) is 12.0. The van der Waals surface area contributed by atoms with Gasteiger partial charge in [-0.2, -0.15) is 0 Å². The third kappa shape index (κ3) is 2.59. The van der Waals surface area contributed by atoms with Crippen molar-refractivity contribution >= 4 is 0 Å². The molecule has 0 bridgehead atoms. The Bertz CT molecular complexity index is 403. The number of aliphatic hydroxyl groups is 1. The molecule has 102 valence electrons. The summed E-state index contributed by atoms with van der Waals surface area (Å²) < 4.78 is 2.01. The van der Waals surface area contributed by atoms with Gasteiger partial charge in [-0.15, -0.1) is 0 Å². The van der Waals surface area contributed by atoms with Gasteiger partial charge in [0.15, 0.2) is 0 Å². The van der Waals surface area contributed by atoms with Crippen molar-refractivity contribution in [2.75, 3.05) is 19.6 Å². The number of hydrogen-bond donors (Lipinski definition) is 1. The molecule has 0 atom stereocenters. The molecule has 0 amide bonds. The molecule has 0 unspecified atom stereocenters. The fourth-order valence-electron chi connectivity index (χ4n) is 2.81. The quantitative estimate of drug-likeness (QED) is 0.888. The zero-order valence-corrected chi connectivity index (χ0v) is 12.0. The highest BCUT2D eigenvalue weighted by Gasteiger charge is 2.36. The van der Waals surface area contributed by atoms with E-state index in [-0.39, 0.29) is 0 Å². The van der Waals surface area contributed by atoms with E-state index >= 15 is 0 Å². The second-order valence-corrected chi connectivity index (χ2v) is 5.98. The smallest absolute Gasteiger partial charge is 0.109 e. The molecule has 1 saturated heterocycles. The summed E-state index contributed by atoms with van der Waals surface area (Å²) in [7, 11) is 1.98. The highest BCUT2D eigenvalue weighted by molar-refractivity contribution is 5.14. The number of nitrogens with zero attached hydrogens (tertiary/aromatic N) is 3. The Morgan fingerprint density at radius 2 is 2.00 bits per heavy atom. The Kier molecular flexibility index (Phi) is 3.78. The molecule has 1 aliphatic heterocycles. The van der Waals surface area contributed by atoms with E-state index in [9.17, 15) is 5.11 Å². The number of rotatable bonds is 3. The number of aromatic nitrogens is 2. The predicted molar refractivity (Wildman–Crippen MR) is 72.4 cm³/mol. The van der Waals surface area contributed by atoms with Gasteiger partial charge < -0.3 is 14.6 Å². The Morgan fingerprint density at radius 3 is 2.44 bits per heavy atom. The summed E-state index contributed by atoms with van der Waals surface area (Å²) in [5.74, 6) is 1.65. The van der Waals surface area contributed by atoms with Gasteiger partial charge >= 0.3 is 0 Å². The summed E-state index contributed by atoms with van der Waals surface area (Å²) in [5, 5.41) is 10.8. The minimum Gasteiger partial charge on any atom is -0.383 e. The van der Waals surface area contributed by atoms with Crippen LogP contribution in [0.5, 0.6) is 0 Å². The van der Waals surface area contributed by atoms with Gasteiger partial charge in [-0.3, -0.25) is 0 Å². The molecule has 18 heavy (non-hydrogen) atoms. The first-order chi connectivity index (χ1) is 8.42. The number of piperidine rings is 1. The van der Waals surface area contributed by atoms with Crippen molar-refractivity contribution in [3.8, 4) is 0 Å². The maximum Gasteiger partial charge on any atom is 0.109 e. The first-order valence-corrected chi connectivity index (χ1v) is 6.86. The van der Waals surface area contributed by atoms with E-state index in [1.807, 2.05) is 24.7 Å². The summed E-state index contributed by atoms with van der Waals surface area (Å²) in [4.78, 5) is 6.74. The van der Waals surface area contributed by atoms with E-state index in [2.05, 4.69) is 23.7 Å². The van der Waals surface area contributed by atoms with Crippen LogP contribution in [0, 0.1) is 12.8 Å². The van der Waals surface area contributed by atoms with Crippen LogP contribution >= 0.6 is 0 Å². The first-order valence-electron chi connectivity index (χ1n) is 6.86. The first kappa shape index (κ1) is 13.6. The Labute approximate surface area is 110 Å². The molecular formula is C14H25N3O. The third-order valence-corrected chi connectivity index (χ3v) is 4.00. The molecule has 0 aromatic carbocycles. The molecule has 1 N–H and O–H groups in total. The van der Waals surface area contributed by atoms with Crippen molar-refractivity contribution in [3.63, 3.8) is 0 Å². The molecule has 4 heteroatoms. The van der Waals surface area contributed by atoms with Crippen LogP contribution in [0.3, 0.4) is 0 Å². The van der Waals surface area contributed by atoms with Crippen molar-refractivity contribution in [2.24, 2.45) is 13.0 Å². The minimum absolute atomic E-state index is 0.690. The number of likely N-dealkylation sites (tertiary alicyclic amines) is 1. The molecule has 0 spiro atoms. The topological polar surface area (TPSA) is 41.3 Å². The van der Waals surface area contributed by atoms with Gasteiger partial charge in [0, 0.05) is 26.7 Å². The molecule has 0 aliphatic carbocycles. The Balaban J connectivity index is 2.05. The fourth-order valence-corrected chi connectivity index (χ4v) is 2.81. The van der Waals surface area contributed by atoms with Gasteiger partial charge in [-0.05, 0) is 25.7 Å². The second-order valence-electron chi connectivity index (χ2n) is 5.98. The monoisotopic (exact) mass is 251 g/mol. The van der Waals surface area contributed by atoms with E-state index in [1.54, 1.807) is 0 Å². The molecule has 0 saturated carbocycles. The highest BCUT2D eigenvalue weighted by atomic mass is 16.3. The van der Waals surface area contributed by atoms with Crippen LogP contribution in [0.4, 0.5) is 0 Å². The lowest BCUT2D eigenvalue weighted by molar-refractivity contribution is -0.0334. The van der Waals surface area contributed by atoms with Crippen molar-refractivity contribution in [2.45, 2.75) is 39.2 Å².